The van der Waals surface area contributed by atoms with E-state index in [4.69, 9.17) is 9.47 Å². The zero-order chi connectivity index (χ0) is 14.9. The highest BCUT2D eigenvalue weighted by atomic mass is 16.5. The molecule has 1 fully saturated rings. The van der Waals surface area contributed by atoms with Crippen molar-refractivity contribution in [1.29, 1.82) is 0 Å². The number of benzene rings is 1. The van der Waals surface area contributed by atoms with Crippen LogP contribution in [0.1, 0.15) is 31.7 Å². The quantitative estimate of drug-likeness (QED) is 0.710. The zero-order valence-corrected chi connectivity index (χ0v) is 13.4. The Morgan fingerprint density at radius 2 is 2.05 bits per heavy atom. The van der Waals surface area contributed by atoms with E-state index in [0.717, 1.165) is 45.0 Å². The van der Waals surface area contributed by atoms with Crippen LogP contribution in [-0.2, 0) is 11.3 Å². The third-order valence-corrected chi connectivity index (χ3v) is 3.80. The number of ether oxygens (including phenoxy) is 2. The molecule has 1 heterocycles. The maximum Gasteiger partial charge on any atom is 0.142 e. The molecule has 0 aromatic heterocycles. The van der Waals surface area contributed by atoms with Crippen LogP contribution in [0.4, 0.5) is 5.69 Å². The van der Waals surface area contributed by atoms with Crippen molar-refractivity contribution in [2.24, 2.45) is 0 Å². The summed E-state index contributed by atoms with van der Waals surface area (Å²) >= 11 is 0. The lowest BCUT2D eigenvalue weighted by molar-refractivity contribution is 0.194. The molecule has 0 spiro atoms. The Bertz CT molecular complexity index is 417. The summed E-state index contributed by atoms with van der Waals surface area (Å²) in [6.45, 7) is 7.72. The van der Waals surface area contributed by atoms with Gasteiger partial charge in [-0.05, 0) is 50.4 Å². The van der Waals surface area contributed by atoms with Gasteiger partial charge >= 0.3 is 0 Å². The maximum atomic E-state index is 5.85. The fourth-order valence-electron chi connectivity index (χ4n) is 2.73. The number of nitrogens with one attached hydrogen (secondary N) is 1. The Hall–Kier alpha value is -1.26. The van der Waals surface area contributed by atoms with Crippen molar-refractivity contribution in [3.05, 3.63) is 23.8 Å². The topological polar surface area (TPSA) is 33.7 Å². The van der Waals surface area contributed by atoms with Gasteiger partial charge in [0.15, 0.2) is 0 Å². The van der Waals surface area contributed by atoms with Gasteiger partial charge < -0.3 is 19.7 Å². The highest BCUT2D eigenvalue weighted by Gasteiger charge is 2.16. The molecule has 0 aliphatic carbocycles. The summed E-state index contributed by atoms with van der Waals surface area (Å²) in [6, 6.07) is 6.60. The summed E-state index contributed by atoms with van der Waals surface area (Å²) in [7, 11) is 1.74. The van der Waals surface area contributed by atoms with Crippen molar-refractivity contribution in [3.63, 3.8) is 0 Å². The van der Waals surface area contributed by atoms with Crippen molar-refractivity contribution in [2.75, 3.05) is 44.9 Å². The van der Waals surface area contributed by atoms with E-state index < -0.39 is 0 Å². The molecular formula is C17H28N2O2. The molecule has 0 atom stereocenters. The Morgan fingerprint density at radius 1 is 1.24 bits per heavy atom. The van der Waals surface area contributed by atoms with Crippen molar-refractivity contribution in [1.82, 2.24) is 5.32 Å². The van der Waals surface area contributed by atoms with Gasteiger partial charge in [-0.25, -0.2) is 0 Å². The Morgan fingerprint density at radius 3 is 2.76 bits per heavy atom. The molecule has 21 heavy (non-hydrogen) atoms. The van der Waals surface area contributed by atoms with Gasteiger partial charge in [-0.2, -0.15) is 0 Å². The fourth-order valence-corrected chi connectivity index (χ4v) is 2.73. The van der Waals surface area contributed by atoms with Crippen molar-refractivity contribution in [3.8, 4) is 5.75 Å². The molecule has 1 saturated heterocycles. The first-order valence-corrected chi connectivity index (χ1v) is 8.05. The standard InChI is InChI=1S/C17H28N2O2/c1-3-21-17-13-15(14-18-9-6-12-20-2)7-8-16(17)19-10-4-5-11-19/h7-8,13,18H,3-6,9-12,14H2,1-2H3. The molecule has 0 radical (unpaired) electrons. The van der Waals surface area contributed by atoms with E-state index in [0.29, 0.717) is 6.61 Å². The van der Waals surface area contributed by atoms with E-state index in [1.54, 1.807) is 7.11 Å². The Kier molecular flexibility index (Phi) is 6.83. The predicted octanol–water partition coefficient (Wildman–Crippen LogP) is 2.81. The molecule has 0 saturated carbocycles. The first-order chi connectivity index (χ1) is 10.3. The number of methoxy groups -OCH3 is 1. The van der Waals surface area contributed by atoms with Gasteiger partial charge in [-0.1, -0.05) is 6.07 Å². The number of anilines is 1. The number of hydrogen-bond acceptors (Lipinski definition) is 4. The SMILES string of the molecule is CCOc1cc(CNCCCOC)ccc1N1CCCC1. The minimum Gasteiger partial charge on any atom is -0.492 e. The molecule has 0 bridgehead atoms. The third kappa shape index (κ3) is 4.90. The smallest absolute Gasteiger partial charge is 0.142 e. The molecule has 1 N–H and O–H groups in total. The van der Waals surface area contributed by atoms with E-state index in [-0.39, 0.29) is 0 Å². The minimum absolute atomic E-state index is 0.714. The van der Waals surface area contributed by atoms with Crippen LogP contribution in [0.5, 0.6) is 5.75 Å². The van der Waals surface area contributed by atoms with Crippen LogP contribution in [0.3, 0.4) is 0 Å². The molecule has 1 aliphatic rings. The van der Waals surface area contributed by atoms with Crippen molar-refractivity contribution >= 4 is 5.69 Å². The normalized spacial score (nSPS) is 14.7. The van der Waals surface area contributed by atoms with Crippen LogP contribution in [0, 0.1) is 0 Å². The first-order valence-electron chi connectivity index (χ1n) is 8.05. The summed E-state index contributed by atoms with van der Waals surface area (Å²) in [5.74, 6) is 1.02. The van der Waals surface area contributed by atoms with Gasteiger partial charge in [0.2, 0.25) is 0 Å². The lowest BCUT2D eigenvalue weighted by Crippen LogP contribution is -2.19. The van der Waals surface area contributed by atoms with E-state index in [1.165, 1.54) is 24.1 Å². The van der Waals surface area contributed by atoms with Crippen LogP contribution >= 0.6 is 0 Å². The van der Waals surface area contributed by atoms with Crippen LogP contribution in [0.25, 0.3) is 0 Å². The molecule has 1 aromatic carbocycles. The lowest BCUT2D eigenvalue weighted by Gasteiger charge is -2.22. The van der Waals surface area contributed by atoms with Crippen LogP contribution < -0.4 is 15.0 Å². The van der Waals surface area contributed by atoms with Crippen molar-refractivity contribution < 1.29 is 9.47 Å². The molecule has 118 valence electrons. The highest BCUT2D eigenvalue weighted by molar-refractivity contribution is 5.60. The summed E-state index contributed by atoms with van der Waals surface area (Å²) in [4.78, 5) is 2.43. The molecule has 1 aliphatic heterocycles. The summed E-state index contributed by atoms with van der Waals surface area (Å²) in [6.07, 6.45) is 3.61. The van der Waals surface area contributed by atoms with Gasteiger partial charge in [-0.3, -0.25) is 0 Å². The third-order valence-electron chi connectivity index (χ3n) is 3.80. The zero-order valence-electron chi connectivity index (χ0n) is 13.4. The largest absolute Gasteiger partial charge is 0.492 e. The monoisotopic (exact) mass is 292 g/mol. The van der Waals surface area contributed by atoms with Crippen LogP contribution in [0.2, 0.25) is 0 Å². The summed E-state index contributed by atoms with van der Waals surface area (Å²) < 4.78 is 10.9. The second-order valence-corrected chi connectivity index (χ2v) is 5.45. The van der Waals surface area contributed by atoms with Gasteiger partial charge in [0.1, 0.15) is 5.75 Å². The van der Waals surface area contributed by atoms with E-state index >= 15 is 0 Å². The molecular weight excluding hydrogens is 264 g/mol. The molecule has 1 aromatic rings. The number of hydrogen-bond donors (Lipinski definition) is 1. The number of nitrogens with zero attached hydrogens (tertiary/aromatic N) is 1. The average molecular weight is 292 g/mol. The maximum absolute atomic E-state index is 5.85. The molecule has 4 nitrogen and oxygen atoms in total. The molecule has 4 heteroatoms. The molecule has 0 amide bonds. The molecule has 2 rings (SSSR count). The van der Waals surface area contributed by atoms with Gasteiger partial charge in [0.25, 0.3) is 0 Å². The number of rotatable bonds is 9. The van der Waals surface area contributed by atoms with Gasteiger partial charge in [-0.15, -0.1) is 0 Å². The first kappa shape index (κ1) is 16.1. The fraction of sp³-hybridized carbons (Fsp3) is 0.647. The van der Waals surface area contributed by atoms with Crippen molar-refractivity contribution in [2.45, 2.75) is 32.7 Å². The van der Waals surface area contributed by atoms with E-state index in [2.05, 4.69) is 28.4 Å². The van der Waals surface area contributed by atoms with Gasteiger partial charge in [0, 0.05) is 33.4 Å². The van der Waals surface area contributed by atoms with E-state index in [1.807, 2.05) is 6.92 Å². The van der Waals surface area contributed by atoms with E-state index in [9.17, 15) is 0 Å². The van der Waals surface area contributed by atoms with Crippen LogP contribution in [-0.4, -0.2) is 40.0 Å². The summed E-state index contributed by atoms with van der Waals surface area (Å²) in [5, 5.41) is 3.45. The minimum atomic E-state index is 0.714. The second-order valence-electron chi connectivity index (χ2n) is 5.45. The summed E-state index contributed by atoms with van der Waals surface area (Å²) in [5.41, 5.74) is 2.52. The Labute approximate surface area is 128 Å². The second kappa shape index (κ2) is 8.90. The highest BCUT2D eigenvalue weighted by Crippen LogP contribution is 2.32. The lowest BCUT2D eigenvalue weighted by atomic mass is 10.1. The van der Waals surface area contributed by atoms with Crippen LogP contribution in [0.15, 0.2) is 18.2 Å². The molecule has 0 unspecified atom stereocenters. The Balaban J connectivity index is 1.94. The average Bonchev–Trinajstić information content (AvgIpc) is 3.02. The van der Waals surface area contributed by atoms with Gasteiger partial charge in [0.05, 0.1) is 12.3 Å². The predicted molar refractivity (Wildman–Crippen MR) is 87.3 cm³/mol.